The van der Waals surface area contributed by atoms with Crippen LogP contribution in [0.25, 0.3) is 0 Å². The van der Waals surface area contributed by atoms with E-state index in [4.69, 9.17) is 5.73 Å². The quantitative estimate of drug-likeness (QED) is 0.684. The second-order valence-corrected chi connectivity index (χ2v) is 4.72. The van der Waals surface area contributed by atoms with Gasteiger partial charge in [-0.1, -0.05) is 20.8 Å². The van der Waals surface area contributed by atoms with Gasteiger partial charge in [0.05, 0.1) is 6.54 Å². The van der Waals surface area contributed by atoms with E-state index in [-0.39, 0.29) is 11.4 Å². The average molecular weight is 257 g/mol. The molecule has 0 aliphatic heterocycles. The summed E-state index contributed by atoms with van der Waals surface area (Å²) in [6.45, 7) is 14.0. The third-order valence-corrected chi connectivity index (χ3v) is 4.19. The van der Waals surface area contributed by atoms with Crippen LogP contribution in [-0.4, -0.2) is 54.0 Å². The van der Waals surface area contributed by atoms with Gasteiger partial charge in [0, 0.05) is 25.2 Å². The normalized spacial score (nSPS) is 11.9. The molecule has 0 spiro atoms. The molecule has 0 saturated heterocycles. The fourth-order valence-electron chi connectivity index (χ4n) is 2.57. The molecule has 0 saturated carbocycles. The topological polar surface area (TPSA) is 49.6 Å². The Kier molecular flexibility index (Phi) is 8.20. The summed E-state index contributed by atoms with van der Waals surface area (Å²) in [5.41, 5.74) is 5.93. The second-order valence-electron chi connectivity index (χ2n) is 4.72. The highest BCUT2D eigenvalue weighted by Crippen LogP contribution is 2.22. The summed E-state index contributed by atoms with van der Waals surface area (Å²) < 4.78 is 0. The molecule has 0 aromatic heterocycles. The van der Waals surface area contributed by atoms with Crippen LogP contribution >= 0.6 is 0 Å². The first-order valence-electron chi connectivity index (χ1n) is 7.27. The molecule has 4 nitrogen and oxygen atoms in total. The third kappa shape index (κ3) is 3.95. The van der Waals surface area contributed by atoms with Crippen LogP contribution in [0.4, 0.5) is 0 Å². The molecule has 0 aromatic rings. The zero-order chi connectivity index (χ0) is 14.2. The molecule has 18 heavy (non-hydrogen) atoms. The van der Waals surface area contributed by atoms with Crippen molar-refractivity contribution in [1.82, 2.24) is 9.80 Å². The number of rotatable bonds is 9. The maximum Gasteiger partial charge on any atom is 0.236 e. The lowest BCUT2D eigenvalue weighted by atomic mass is 9.90. The van der Waals surface area contributed by atoms with E-state index in [0.717, 1.165) is 32.5 Å². The number of carbonyl (C=O) groups excluding carboxylic acids is 1. The summed E-state index contributed by atoms with van der Waals surface area (Å²) in [6, 6.07) is 0. The minimum absolute atomic E-state index is 0.0302. The molecule has 108 valence electrons. The predicted molar refractivity (Wildman–Crippen MR) is 77.5 cm³/mol. The summed E-state index contributed by atoms with van der Waals surface area (Å²) in [5, 5.41) is 0. The Hall–Kier alpha value is -0.610. The van der Waals surface area contributed by atoms with Crippen LogP contribution in [0.3, 0.4) is 0 Å². The molecule has 2 N–H and O–H groups in total. The largest absolute Gasteiger partial charge is 0.342 e. The lowest BCUT2D eigenvalue weighted by Crippen LogP contribution is -2.56. The molecule has 0 fully saturated rings. The van der Waals surface area contributed by atoms with Crippen molar-refractivity contribution in [2.75, 3.05) is 32.7 Å². The van der Waals surface area contributed by atoms with E-state index in [1.165, 1.54) is 0 Å². The molecule has 4 heteroatoms. The van der Waals surface area contributed by atoms with E-state index >= 15 is 0 Å². The molecule has 0 bridgehead atoms. The lowest BCUT2D eigenvalue weighted by Gasteiger charge is -2.42. The van der Waals surface area contributed by atoms with E-state index in [1.807, 2.05) is 18.7 Å². The smallest absolute Gasteiger partial charge is 0.236 e. The second kappa shape index (κ2) is 8.48. The Labute approximate surface area is 113 Å². The van der Waals surface area contributed by atoms with Crippen LogP contribution in [0.1, 0.15) is 47.5 Å². The summed E-state index contributed by atoms with van der Waals surface area (Å²) in [7, 11) is 0. The fourth-order valence-corrected chi connectivity index (χ4v) is 2.57. The highest BCUT2D eigenvalue weighted by atomic mass is 16.2. The molecule has 0 heterocycles. The molecule has 0 aliphatic rings. The molecule has 0 aromatic carbocycles. The Bertz CT molecular complexity index is 227. The number of carbonyl (C=O) groups is 1. The van der Waals surface area contributed by atoms with E-state index in [1.54, 1.807) is 0 Å². The van der Waals surface area contributed by atoms with Gasteiger partial charge in [-0.05, 0) is 33.2 Å². The summed E-state index contributed by atoms with van der Waals surface area (Å²) in [4.78, 5) is 16.3. The van der Waals surface area contributed by atoms with E-state index in [9.17, 15) is 4.79 Å². The Morgan fingerprint density at radius 1 is 1.00 bits per heavy atom. The van der Waals surface area contributed by atoms with Gasteiger partial charge in [0.2, 0.25) is 5.91 Å². The molecular weight excluding hydrogens is 226 g/mol. The molecule has 0 radical (unpaired) electrons. The van der Waals surface area contributed by atoms with E-state index in [0.29, 0.717) is 13.1 Å². The Morgan fingerprint density at radius 3 is 1.78 bits per heavy atom. The van der Waals surface area contributed by atoms with Crippen molar-refractivity contribution < 1.29 is 4.79 Å². The van der Waals surface area contributed by atoms with Gasteiger partial charge in [0.1, 0.15) is 0 Å². The molecule has 0 atom stereocenters. The van der Waals surface area contributed by atoms with Gasteiger partial charge in [-0.25, -0.2) is 0 Å². The molecule has 0 aliphatic carbocycles. The van der Waals surface area contributed by atoms with Crippen LogP contribution in [-0.2, 0) is 4.79 Å². The number of nitrogens with zero attached hydrogens (tertiary/aromatic N) is 2. The van der Waals surface area contributed by atoms with Crippen molar-refractivity contribution in [3.8, 4) is 0 Å². The van der Waals surface area contributed by atoms with Crippen molar-refractivity contribution in [3.63, 3.8) is 0 Å². The van der Waals surface area contributed by atoms with Crippen molar-refractivity contribution in [2.24, 2.45) is 5.73 Å². The van der Waals surface area contributed by atoms with Crippen molar-refractivity contribution in [2.45, 2.75) is 53.0 Å². The summed E-state index contributed by atoms with van der Waals surface area (Å²) in [6.07, 6.45) is 1.97. The number of hydrogen-bond acceptors (Lipinski definition) is 3. The highest BCUT2D eigenvalue weighted by molar-refractivity contribution is 5.78. The first kappa shape index (κ1) is 17.4. The van der Waals surface area contributed by atoms with Gasteiger partial charge >= 0.3 is 0 Å². The number of likely N-dealkylation sites (N-methyl/N-ethyl adjacent to an activating group) is 2. The number of nitrogens with two attached hydrogens (primary N) is 1. The maximum absolute atomic E-state index is 12.2. The van der Waals surface area contributed by atoms with E-state index in [2.05, 4.69) is 25.7 Å². The average Bonchev–Trinajstić information content (AvgIpc) is 2.41. The number of amides is 1. The predicted octanol–water partition coefficient (Wildman–Crippen LogP) is 1.69. The summed E-state index contributed by atoms with van der Waals surface area (Å²) >= 11 is 0. The third-order valence-electron chi connectivity index (χ3n) is 4.19. The Balaban J connectivity index is 4.82. The van der Waals surface area contributed by atoms with Gasteiger partial charge in [0.25, 0.3) is 0 Å². The molecule has 0 unspecified atom stereocenters. The maximum atomic E-state index is 12.2. The molecule has 0 rings (SSSR count). The van der Waals surface area contributed by atoms with Crippen molar-refractivity contribution in [1.29, 1.82) is 0 Å². The standard InChI is InChI=1S/C14H31N3O/c1-6-14(7-2,12-15)17(10-5)11-13(18)16(8-3)9-4/h6-12,15H2,1-5H3. The van der Waals surface area contributed by atoms with Crippen LogP contribution in [0, 0.1) is 0 Å². The monoisotopic (exact) mass is 257 g/mol. The first-order valence-corrected chi connectivity index (χ1v) is 7.27. The molecule has 1 amide bonds. The van der Waals surface area contributed by atoms with Gasteiger partial charge in [0.15, 0.2) is 0 Å². The van der Waals surface area contributed by atoms with Crippen LogP contribution < -0.4 is 5.73 Å². The first-order chi connectivity index (χ1) is 8.54. The lowest BCUT2D eigenvalue weighted by molar-refractivity contribution is -0.133. The van der Waals surface area contributed by atoms with Crippen LogP contribution in [0.2, 0.25) is 0 Å². The summed E-state index contributed by atoms with van der Waals surface area (Å²) in [5.74, 6) is 0.210. The minimum Gasteiger partial charge on any atom is -0.342 e. The van der Waals surface area contributed by atoms with Crippen molar-refractivity contribution >= 4 is 5.91 Å². The zero-order valence-electron chi connectivity index (χ0n) is 12.8. The molecular formula is C14H31N3O. The Morgan fingerprint density at radius 2 is 1.50 bits per heavy atom. The van der Waals surface area contributed by atoms with Gasteiger partial charge in [-0.2, -0.15) is 0 Å². The van der Waals surface area contributed by atoms with Gasteiger partial charge in [-0.3, -0.25) is 9.69 Å². The highest BCUT2D eigenvalue weighted by Gasteiger charge is 2.32. The van der Waals surface area contributed by atoms with Gasteiger partial charge in [-0.15, -0.1) is 0 Å². The SMILES string of the molecule is CCN(CC)C(=O)CN(CC)C(CC)(CC)CN. The fraction of sp³-hybridized carbons (Fsp3) is 0.929. The van der Waals surface area contributed by atoms with Gasteiger partial charge < -0.3 is 10.6 Å². The number of hydrogen-bond donors (Lipinski definition) is 1. The zero-order valence-corrected chi connectivity index (χ0v) is 12.8. The van der Waals surface area contributed by atoms with Crippen LogP contribution in [0.15, 0.2) is 0 Å². The van der Waals surface area contributed by atoms with Crippen LogP contribution in [0.5, 0.6) is 0 Å². The minimum atomic E-state index is -0.0302. The van der Waals surface area contributed by atoms with E-state index < -0.39 is 0 Å². The van der Waals surface area contributed by atoms with Crippen molar-refractivity contribution in [3.05, 3.63) is 0 Å².